The van der Waals surface area contributed by atoms with Crippen LogP contribution in [0.5, 0.6) is 0 Å². The maximum Gasteiger partial charge on any atom is 0.141 e. The first-order chi connectivity index (χ1) is 8.13. The number of halogens is 1. The molecule has 0 bridgehead atoms. The van der Waals surface area contributed by atoms with Gasteiger partial charge in [-0.3, -0.25) is 9.78 Å². The molecule has 2 heterocycles. The Hall–Kier alpha value is -1.21. The van der Waals surface area contributed by atoms with Gasteiger partial charge in [0.25, 0.3) is 0 Å². The minimum Gasteiger partial charge on any atom is -0.321 e. The molecule has 17 heavy (non-hydrogen) atoms. The fraction of sp³-hybridized carbons (Fsp3) is 0.500. The summed E-state index contributed by atoms with van der Waals surface area (Å²) in [6.45, 7) is 2.08. The molecule has 2 aromatic heterocycles. The number of nitrogens with zero attached hydrogens (tertiary/aromatic N) is 4. The van der Waals surface area contributed by atoms with Crippen molar-refractivity contribution in [1.29, 1.82) is 0 Å². The van der Waals surface area contributed by atoms with Crippen molar-refractivity contribution >= 4 is 15.9 Å². The molecule has 7 heteroatoms. The number of aromatic nitrogens is 5. The molecule has 0 spiro atoms. The Bertz CT molecular complexity index is 489. The van der Waals surface area contributed by atoms with E-state index in [0.29, 0.717) is 12.2 Å². The number of aryl methyl sites for hydroxylation is 2. The number of hydrogen-bond acceptors (Lipinski definition) is 4. The van der Waals surface area contributed by atoms with E-state index in [9.17, 15) is 0 Å². The van der Waals surface area contributed by atoms with E-state index in [-0.39, 0.29) is 6.04 Å². The summed E-state index contributed by atoms with van der Waals surface area (Å²) in [5.74, 6) is 0.691. The van der Waals surface area contributed by atoms with Crippen LogP contribution in [0.2, 0.25) is 0 Å². The summed E-state index contributed by atoms with van der Waals surface area (Å²) in [4.78, 5) is 4.06. The summed E-state index contributed by atoms with van der Waals surface area (Å²) in [6.07, 6.45) is 3.02. The first-order valence-electron chi connectivity index (χ1n) is 5.44. The summed E-state index contributed by atoms with van der Waals surface area (Å²) in [5, 5.41) is 11.0. The molecule has 3 N–H and O–H groups in total. The Balaban J connectivity index is 2.21. The predicted molar refractivity (Wildman–Crippen MR) is 67.3 cm³/mol. The van der Waals surface area contributed by atoms with Crippen LogP contribution < -0.4 is 5.73 Å². The van der Waals surface area contributed by atoms with Crippen molar-refractivity contribution in [2.75, 3.05) is 0 Å². The second-order valence-corrected chi connectivity index (χ2v) is 4.66. The molecule has 1 unspecified atom stereocenters. The van der Waals surface area contributed by atoms with Gasteiger partial charge < -0.3 is 5.73 Å². The average molecular weight is 299 g/mol. The van der Waals surface area contributed by atoms with Crippen LogP contribution in [0.3, 0.4) is 0 Å². The number of nitrogens with one attached hydrogen (secondary N) is 1. The molecule has 6 nitrogen and oxygen atoms in total. The van der Waals surface area contributed by atoms with E-state index in [4.69, 9.17) is 5.73 Å². The van der Waals surface area contributed by atoms with Crippen LogP contribution in [0.25, 0.3) is 0 Å². The number of hydrogen-bond donors (Lipinski definition) is 2. The second-order valence-electron chi connectivity index (χ2n) is 3.87. The zero-order chi connectivity index (χ0) is 12.4. The third kappa shape index (κ3) is 2.39. The Morgan fingerprint density at radius 3 is 2.88 bits per heavy atom. The number of rotatable bonds is 4. The average Bonchev–Trinajstić information content (AvgIpc) is 2.92. The minimum absolute atomic E-state index is 0.200. The van der Waals surface area contributed by atoms with Crippen LogP contribution in [0.15, 0.2) is 10.8 Å². The van der Waals surface area contributed by atoms with Crippen LogP contribution in [-0.2, 0) is 19.9 Å². The largest absolute Gasteiger partial charge is 0.321 e. The molecule has 0 aliphatic heterocycles. The molecule has 0 aromatic carbocycles. The number of aromatic amines is 1. The predicted octanol–water partition coefficient (Wildman–Crippen LogP) is 1.11. The molecular formula is C10H15BrN6. The van der Waals surface area contributed by atoms with Gasteiger partial charge in [-0.15, -0.1) is 0 Å². The molecule has 0 radical (unpaired) electrons. The van der Waals surface area contributed by atoms with Gasteiger partial charge in [0, 0.05) is 13.5 Å². The van der Waals surface area contributed by atoms with Crippen molar-refractivity contribution in [2.24, 2.45) is 12.8 Å². The van der Waals surface area contributed by atoms with Gasteiger partial charge in [-0.05, 0) is 22.4 Å². The Labute approximate surface area is 108 Å². The number of nitrogens with two attached hydrogens (primary N) is 1. The first-order valence-corrected chi connectivity index (χ1v) is 6.23. The van der Waals surface area contributed by atoms with Crippen LogP contribution in [-0.4, -0.2) is 25.0 Å². The highest BCUT2D eigenvalue weighted by atomic mass is 79.9. The van der Waals surface area contributed by atoms with Crippen LogP contribution in [0.4, 0.5) is 0 Å². The SMILES string of the molecule is CCc1nn(C)c(CC(N)c2ncn[nH]2)c1Br. The van der Waals surface area contributed by atoms with E-state index in [1.165, 1.54) is 6.33 Å². The van der Waals surface area contributed by atoms with Crippen LogP contribution in [0.1, 0.15) is 30.2 Å². The molecule has 2 rings (SSSR count). The molecule has 0 fully saturated rings. The molecule has 0 aliphatic rings. The van der Waals surface area contributed by atoms with Gasteiger partial charge in [0.1, 0.15) is 12.2 Å². The summed E-state index contributed by atoms with van der Waals surface area (Å²) in [6, 6.07) is -0.200. The smallest absolute Gasteiger partial charge is 0.141 e. The van der Waals surface area contributed by atoms with Crippen molar-refractivity contribution in [2.45, 2.75) is 25.8 Å². The third-order valence-corrected chi connectivity index (χ3v) is 3.62. The first kappa shape index (κ1) is 12.3. The summed E-state index contributed by atoms with van der Waals surface area (Å²) >= 11 is 3.57. The fourth-order valence-corrected chi connectivity index (χ4v) is 2.52. The number of H-pyrrole nitrogens is 1. The molecular weight excluding hydrogens is 284 g/mol. The van der Waals surface area contributed by atoms with Gasteiger partial charge in [0.15, 0.2) is 0 Å². The summed E-state index contributed by atoms with van der Waals surface area (Å²) in [7, 11) is 1.92. The molecule has 0 saturated heterocycles. The third-order valence-electron chi connectivity index (χ3n) is 2.70. The highest BCUT2D eigenvalue weighted by molar-refractivity contribution is 9.10. The Morgan fingerprint density at radius 1 is 1.59 bits per heavy atom. The van der Waals surface area contributed by atoms with E-state index in [1.807, 2.05) is 11.7 Å². The fourth-order valence-electron chi connectivity index (χ4n) is 1.74. The maximum atomic E-state index is 6.06. The minimum atomic E-state index is -0.200. The van der Waals surface area contributed by atoms with Gasteiger partial charge in [-0.2, -0.15) is 10.2 Å². The van der Waals surface area contributed by atoms with E-state index >= 15 is 0 Å². The lowest BCUT2D eigenvalue weighted by Gasteiger charge is -2.08. The van der Waals surface area contributed by atoms with Crippen molar-refractivity contribution in [3.8, 4) is 0 Å². The highest BCUT2D eigenvalue weighted by Crippen LogP contribution is 2.24. The van der Waals surface area contributed by atoms with E-state index in [1.54, 1.807) is 0 Å². The van der Waals surface area contributed by atoms with Crippen molar-refractivity contribution < 1.29 is 0 Å². The summed E-state index contributed by atoms with van der Waals surface area (Å²) < 4.78 is 2.90. The normalized spacial score (nSPS) is 12.9. The molecule has 0 aliphatic carbocycles. The lowest BCUT2D eigenvalue weighted by molar-refractivity contribution is 0.614. The van der Waals surface area contributed by atoms with E-state index in [2.05, 4.69) is 43.1 Å². The second kappa shape index (κ2) is 4.97. The highest BCUT2D eigenvalue weighted by Gasteiger charge is 2.17. The van der Waals surface area contributed by atoms with Crippen LogP contribution in [0, 0.1) is 0 Å². The van der Waals surface area contributed by atoms with Gasteiger partial charge in [-0.1, -0.05) is 6.92 Å². The molecule has 92 valence electrons. The lowest BCUT2D eigenvalue weighted by atomic mass is 10.1. The Kier molecular flexibility index (Phi) is 3.58. The van der Waals surface area contributed by atoms with Crippen molar-refractivity contribution in [3.05, 3.63) is 28.0 Å². The van der Waals surface area contributed by atoms with E-state index < -0.39 is 0 Å². The molecule has 1 atom stereocenters. The topological polar surface area (TPSA) is 85.4 Å². The van der Waals surface area contributed by atoms with Gasteiger partial charge in [0.05, 0.1) is 21.9 Å². The zero-order valence-electron chi connectivity index (χ0n) is 9.81. The Morgan fingerprint density at radius 2 is 2.35 bits per heavy atom. The quantitative estimate of drug-likeness (QED) is 0.885. The van der Waals surface area contributed by atoms with Crippen molar-refractivity contribution in [3.63, 3.8) is 0 Å². The van der Waals surface area contributed by atoms with Gasteiger partial charge in [-0.25, -0.2) is 4.98 Å². The molecule has 2 aromatic rings. The van der Waals surface area contributed by atoms with Crippen molar-refractivity contribution in [1.82, 2.24) is 25.0 Å². The zero-order valence-corrected chi connectivity index (χ0v) is 11.4. The molecule has 0 amide bonds. The maximum absolute atomic E-state index is 6.06. The lowest BCUT2D eigenvalue weighted by Crippen LogP contribution is -2.17. The monoisotopic (exact) mass is 298 g/mol. The van der Waals surface area contributed by atoms with E-state index in [0.717, 1.165) is 22.3 Å². The molecule has 0 saturated carbocycles. The summed E-state index contributed by atoms with van der Waals surface area (Å²) in [5.41, 5.74) is 8.19. The standard InChI is InChI=1S/C10H15BrN6/c1-3-7-9(11)8(17(2)16-7)4-6(12)10-13-5-14-15-10/h5-6H,3-4,12H2,1-2H3,(H,13,14,15). The van der Waals surface area contributed by atoms with Gasteiger partial charge in [0.2, 0.25) is 0 Å². The van der Waals surface area contributed by atoms with Crippen LogP contribution >= 0.6 is 15.9 Å². The van der Waals surface area contributed by atoms with Gasteiger partial charge >= 0.3 is 0 Å².